The number of halogens is 3. The van der Waals surface area contributed by atoms with Gasteiger partial charge in [0.05, 0.1) is 6.42 Å². The van der Waals surface area contributed by atoms with Crippen molar-refractivity contribution in [1.29, 1.82) is 0 Å². The molecule has 72 valence electrons. The monoisotopic (exact) mass is 202 g/mol. The Labute approximate surface area is 67.1 Å². The highest BCUT2D eigenvalue weighted by atomic mass is 31.2. The Morgan fingerprint density at radius 2 is 1.92 bits per heavy atom. The van der Waals surface area contributed by atoms with Crippen molar-refractivity contribution in [3.63, 3.8) is 0 Å². The summed E-state index contributed by atoms with van der Waals surface area (Å²) < 4.78 is 44.9. The molecule has 0 amide bonds. The van der Waals surface area contributed by atoms with Gasteiger partial charge in [-0.1, -0.05) is 13.7 Å². The van der Waals surface area contributed by atoms with Gasteiger partial charge in [-0.15, -0.1) is 6.58 Å². The van der Waals surface area contributed by atoms with Crippen LogP contribution < -0.4 is 9.79 Å². The van der Waals surface area contributed by atoms with E-state index in [4.69, 9.17) is 0 Å². The van der Waals surface area contributed by atoms with E-state index in [1.165, 1.54) is 0 Å². The van der Waals surface area contributed by atoms with E-state index in [2.05, 4.69) is 6.58 Å². The van der Waals surface area contributed by atoms with E-state index in [9.17, 15) is 27.5 Å². The molecule has 0 rings (SSSR count). The van der Waals surface area contributed by atoms with Crippen LogP contribution in [-0.4, -0.2) is 11.8 Å². The van der Waals surface area contributed by atoms with Gasteiger partial charge in [0.2, 0.25) is 0 Å². The fourth-order valence-corrected chi connectivity index (χ4v) is 1.25. The zero-order valence-corrected chi connectivity index (χ0v) is 6.77. The maximum Gasteiger partial charge on any atom is 0.390 e. The van der Waals surface area contributed by atoms with Crippen molar-refractivity contribution in [2.45, 2.75) is 18.3 Å². The predicted octanol–water partition coefficient (Wildman–Crippen LogP) is 0.407. The van der Waals surface area contributed by atoms with Gasteiger partial charge in [0, 0.05) is 5.66 Å². The van der Waals surface area contributed by atoms with Crippen molar-refractivity contribution in [3.05, 3.63) is 12.7 Å². The second-order valence-electron chi connectivity index (χ2n) is 2.16. The molecule has 3 nitrogen and oxygen atoms in total. The summed E-state index contributed by atoms with van der Waals surface area (Å²) in [6.45, 7) is 2.84. The van der Waals surface area contributed by atoms with Gasteiger partial charge in [0.25, 0.3) is 0 Å². The lowest BCUT2D eigenvalue weighted by molar-refractivity contribution is -0.317. The van der Waals surface area contributed by atoms with Crippen molar-refractivity contribution in [2.75, 3.05) is 0 Å². The van der Waals surface area contributed by atoms with Crippen LogP contribution in [0.1, 0.15) is 6.42 Å². The Morgan fingerprint density at radius 3 is 2.00 bits per heavy atom. The minimum atomic E-state index is -5.21. The molecular formula is C5H6F3O3P-2. The largest absolute Gasteiger partial charge is 0.810 e. The molecule has 0 aromatic rings. The van der Waals surface area contributed by atoms with Crippen molar-refractivity contribution in [3.8, 4) is 0 Å². The summed E-state index contributed by atoms with van der Waals surface area (Å²) in [6.07, 6.45) is -5.83. The average molecular weight is 202 g/mol. The fraction of sp³-hybridized carbons (Fsp3) is 0.600. The van der Waals surface area contributed by atoms with Gasteiger partial charge in [-0.05, 0) is 0 Å². The molecule has 0 aliphatic heterocycles. The van der Waals surface area contributed by atoms with Crippen LogP contribution in [0.15, 0.2) is 12.7 Å². The SMILES string of the molecule is C=CC(CC(F)(F)F)P(=O)([O-])[O-]. The highest BCUT2D eigenvalue weighted by Gasteiger charge is 2.31. The Kier molecular flexibility index (Phi) is 3.50. The van der Waals surface area contributed by atoms with E-state index in [-0.39, 0.29) is 0 Å². The maximum absolute atomic E-state index is 11.6. The molecule has 0 aromatic carbocycles. The van der Waals surface area contributed by atoms with Gasteiger partial charge in [-0.25, -0.2) is 0 Å². The summed E-state index contributed by atoms with van der Waals surface area (Å²) in [4.78, 5) is 20.3. The molecule has 0 fully saturated rings. The Bertz CT molecular complexity index is 206. The summed E-state index contributed by atoms with van der Waals surface area (Å²) in [5.74, 6) is 0. The fourth-order valence-electron chi connectivity index (χ4n) is 0.561. The van der Waals surface area contributed by atoms with Crippen LogP contribution in [0.4, 0.5) is 13.2 Å². The number of alkyl halides is 3. The predicted molar refractivity (Wildman–Crippen MR) is 32.3 cm³/mol. The molecule has 0 aromatic heterocycles. The summed E-state index contributed by atoms with van der Waals surface area (Å²) in [5.41, 5.74) is -2.06. The van der Waals surface area contributed by atoms with Crippen molar-refractivity contribution >= 4 is 7.60 Å². The third kappa shape index (κ3) is 4.54. The van der Waals surface area contributed by atoms with Crippen LogP contribution in [0.2, 0.25) is 0 Å². The van der Waals surface area contributed by atoms with Gasteiger partial charge in [-0.3, -0.25) is 0 Å². The molecule has 0 spiro atoms. The van der Waals surface area contributed by atoms with Crippen molar-refractivity contribution < 1.29 is 27.5 Å². The first-order chi connectivity index (χ1) is 5.17. The van der Waals surface area contributed by atoms with Gasteiger partial charge in [0.1, 0.15) is 0 Å². The molecule has 1 atom stereocenters. The smallest absolute Gasteiger partial charge is 0.390 e. The van der Waals surface area contributed by atoms with Gasteiger partial charge in [0.15, 0.2) is 0 Å². The van der Waals surface area contributed by atoms with Crippen LogP contribution in [0.3, 0.4) is 0 Å². The molecule has 0 saturated heterocycles. The third-order valence-electron chi connectivity index (χ3n) is 1.12. The van der Waals surface area contributed by atoms with E-state index in [0.717, 1.165) is 0 Å². The van der Waals surface area contributed by atoms with Crippen LogP contribution in [0, 0.1) is 0 Å². The Balaban J connectivity index is 4.41. The lowest BCUT2D eigenvalue weighted by atomic mass is 10.3. The summed E-state index contributed by atoms with van der Waals surface area (Å²) in [5, 5.41) is 0. The second kappa shape index (κ2) is 3.60. The standard InChI is InChI=1S/C5H8F3O3P/c1-2-4(12(9,10)11)3-5(6,7)8/h2,4H,1,3H2,(H2,9,10,11)/p-2. The van der Waals surface area contributed by atoms with Crippen LogP contribution in [0.5, 0.6) is 0 Å². The molecule has 0 aliphatic carbocycles. The summed E-state index contributed by atoms with van der Waals surface area (Å²) in [6, 6.07) is 0. The zero-order chi connectivity index (χ0) is 9.99. The molecule has 0 radical (unpaired) electrons. The van der Waals surface area contributed by atoms with E-state index >= 15 is 0 Å². The van der Waals surface area contributed by atoms with E-state index in [1.54, 1.807) is 0 Å². The highest BCUT2D eigenvalue weighted by molar-refractivity contribution is 7.49. The molecule has 0 aliphatic rings. The lowest BCUT2D eigenvalue weighted by Gasteiger charge is -2.36. The lowest BCUT2D eigenvalue weighted by Crippen LogP contribution is -2.28. The normalized spacial score (nSPS) is 15.8. The number of allylic oxidation sites excluding steroid dienone is 1. The third-order valence-corrected chi connectivity index (χ3v) is 2.32. The van der Waals surface area contributed by atoms with Gasteiger partial charge < -0.3 is 14.4 Å². The molecule has 7 heteroatoms. The average Bonchev–Trinajstić information content (AvgIpc) is 1.78. The number of rotatable bonds is 3. The maximum atomic E-state index is 11.6. The number of hydrogen-bond acceptors (Lipinski definition) is 3. The second-order valence-corrected chi connectivity index (χ2v) is 3.91. The summed E-state index contributed by atoms with van der Waals surface area (Å²) >= 11 is 0. The van der Waals surface area contributed by atoms with Crippen LogP contribution in [-0.2, 0) is 4.57 Å². The molecule has 0 bridgehead atoms. The zero-order valence-electron chi connectivity index (χ0n) is 5.87. The minimum Gasteiger partial charge on any atom is -0.810 e. The molecule has 0 saturated carbocycles. The molecule has 0 heterocycles. The van der Waals surface area contributed by atoms with Crippen molar-refractivity contribution in [2.24, 2.45) is 0 Å². The Morgan fingerprint density at radius 1 is 1.50 bits per heavy atom. The van der Waals surface area contributed by atoms with Gasteiger partial charge in [-0.2, -0.15) is 13.2 Å². The first-order valence-electron chi connectivity index (χ1n) is 2.88. The molecule has 12 heavy (non-hydrogen) atoms. The molecule has 1 unspecified atom stereocenters. The van der Waals surface area contributed by atoms with E-state index in [1.807, 2.05) is 0 Å². The Hall–Kier alpha value is -0.320. The molecule has 0 N–H and O–H groups in total. The minimum absolute atomic E-state index is 0.494. The van der Waals surface area contributed by atoms with Gasteiger partial charge >= 0.3 is 6.18 Å². The van der Waals surface area contributed by atoms with E-state index in [0.29, 0.717) is 6.08 Å². The first kappa shape index (κ1) is 11.7. The van der Waals surface area contributed by atoms with Crippen molar-refractivity contribution in [1.82, 2.24) is 0 Å². The first-order valence-corrected chi connectivity index (χ1v) is 4.49. The highest BCUT2D eigenvalue weighted by Crippen LogP contribution is 2.39. The number of hydrogen-bond donors (Lipinski definition) is 0. The summed E-state index contributed by atoms with van der Waals surface area (Å²) in [7, 11) is -5.21. The quantitative estimate of drug-likeness (QED) is 0.491. The van der Waals surface area contributed by atoms with Crippen LogP contribution in [0.25, 0.3) is 0 Å². The molecular weight excluding hydrogens is 196 g/mol. The topological polar surface area (TPSA) is 63.2 Å². The van der Waals surface area contributed by atoms with E-state index < -0.39 is 25.9 Å². The van der Waals surface area contributed by atoms with Crippen LogP contribution >= 0.6 is 7.60 Å².